The molecule has 0 aromatic carbocycles. The van der Waals surface area contributed by atoms with Crippen LogP contribution in [0, 0.1) is 5.00 Å². The van der Waals surface area contributed by atoms with Crippen molar-refractivity contribution in [2.24, 2.45) is 0 Å². The minimum absolute atomic E-state index is 3.12. The van der Waals surface area contributed by atoms with Crippen molar-refractivity contribution in [2.45, 2.75) is 0 Å². The Morgan fingerprint density at radius 1 is 2.00 bits per heavy atom. The van der Waals surface area contributed by atoms with E-state index in [-0.39, 0.29) is 0 Å². The average Bonchev–Trinajstić information content (AvgIpc) is 0.811. The Morgan fingerprint density at radius 3 is 2.00 bits per heavy atom. The fourth-order valence-corrected chi connectivity index (χ4v) is 0. The number of nitrogens with zero attached hydrogens (tertiary/aromatic N) is 1. The van der Waals surface area contributed by atoms with Crippen molar-refractivity contribution in [1.82, 2.24) is 0 Å². The summed E-state index contributed by atoms with van der Waals surface area (Å²) in [5, 5.41) is 7.01. The van der Waals surface area contributed by atoms with E-state index in [1.54, 1.807) is 0 Å². The maximum Gasteiger partial charge on any atom is 0.374 e. The van der Waals surface area contributed by atoms with E-state index in [0.717, 1.165) is 0 Å². The van der Waals surface area contributed by atoms with E-state index in [2.05, 4.69) is 0 Å². The number of halogens is 1. The molecule has 0 fully saturated rings. The lowest BCUT2D eigenvalue weighted by Gasteiger charge is -1.47. The maximum absolute atomic E-state index is 10.2. The number of hydrogen-bond acceptors (Lipinski definition) is 2. The van der Waals surface area contributed by atoms with Gasteiger partial charge in [0.1, 0.15) is 0 Å². The summed E-state index contributed by atoms with van der Waals surface area (Å²) in [5.74, 6) is 0. The molecule has 0 bridgehead atoms. The molecule has 0 saturated heterocycles. The van der Waals surface area contributed by atoms with Gasteiger partial charge in [0.15, 0.2) is 0 Å². The summed E-state index contributed by atoms with van der Waals surface area (Å²) < 4.78 is 10.2. The van der Waals surface area contributed by atoms with Gasteiger partial charge in [0, 0.05) is 0 Å². The summed E-state index contributed by atoms with van der Waals surface area (Å²) >= 11 is 0. The Morgan fingerprint density at radius 2 is 2.00 bits per heavy atom. The van der Waals surface area contributed by atoms with Crippen LogP contribution in [0.4, 0.5) is 4.20 Å². The quantitative estimate of drug-likeness (QED) is 0.437. The van der Waals surface area contributed by atoms with E-state index in [0.29, 0.717) is 0 Å². The summed E-state index contributed by atoms with van der Waals surface area (Å²) in [7, 11) is -3.12. The zero-order valence-corrected chi connectivity index (χ0v) is 2.61. The van der Waals surface area contributed by atoms with Gasteiger partial charge >= 0.3 is 8.10 Å². The molecular formula is HFNOP. The Labute approximate surface area is 23.4 Å². The molecule has 24 valence electrons. The third-order valence-electron chi connectivity index (χ3n) is 0. The van der Waals surface area contributed by atoms with E-state index < -0.39 is 8.10 Å². The highest BCUT2D eigenvalue weighted by Gasteiger charge is 1.64. The van der Waals surface area contributed by atoms with E-state index in [1.807, 2.05) is 0 Å². The van der Waals surface area contributed by atoms with Crippen LogP contribution in [-0.4, -0.2) is 4.89 Å². The van der Waals surface area contributed by atoms with Gasteiger partial charge in [-0.1, -0.05) is 0 Å². The molecular weight excluding hydrogens is 80.0 g/mol. The second-order valence-electron chi connectivity index (χ2n) is 0.241. The van der Waals surface area contributed by atoms with Crippen LogP contribution in [0.2, 0.25) is 0 Å². The fourth-order valence-electron chi connectivity index (χ4n) is 0. The molecule has 4 heavy (non-hydrogen) atoms. The van der Waals surface area contributed by atoms with Gasteiger partial charge in [-0.05, 0) is 0 Å². The van der Waals surface area contributed by atoms with Crippen molar-refractivity contribution in [2.75, 3.05) is 0 Å². The molecule has 1 N–H and O–H groups in total. The summed E-state index contributed by atoms with van der Waals surface area (Å²) in [6.07, 6.45) is 0. The first-order valence-corrected chi connectivity index (χ1v) is 1.71. The molecule has 0 aliphatic heterocycles. The highest BCUT2D eigenvalue weighted by Crippen LogP contribution is 2.06. The topological polar surface area (TPSA) is 44.0 Å². The van der Waals surface area contributed by atoms with Crippen LogP contribution in [0.1, 0.15) is 0 Å². The Bertz CT molecular complexity index is 54.2. The predicted octanol–water partition coefficient (Wildman–Crippen LogP) is 0.739. The molecule has 2 nitrogen and oxygen atoms in total. The van der Waals surface area contributed by atoms with Crippen molar-refractivity contribution >= 4 is 8.10 Å². The lowest BCUT2D eigenvalue weighted by atomic mass is 14.0. The van der Waals surface area contributed by atoms with E-state index in [1.165, 1.54) is 0 Å². The van der Waals surface area contributed by atoms with Crippen LogP contribution >= 0.6 is 8.10 Å². The Kier molecular flexibility index (Phi) is 1.21. The van der Waals surface area contributed by atoms with Crippen LogP contribution in [0.5, 0.6) is 0 Å². The molecule has 0 aromatic heterocycles. The lowest BCUT2D eigenvalue weighted by Crippen LogP contribution is -1.17. The minimum atomic E-state index is -3.12. The molecule has 0 aliphatic rings. The molecule has 0 aromatic rings. The summed E-state index contributed by atoms with van der Waals surface area (Å²) in [5.41, 5.74) is 0. The van der Waals surface area contributed by atoms with E-state index in [9.17, 15) is 4.20 Å². The van der Waals surface area contributed by atoms with Crippen LogP contribution in [0.15, 0.2) is 0 Å². The monoisotopic (exact) mass is 81.0 g/mol. The molecule has 0 heterocycles. The van der Waals surface area contributed by atoms with Gasteiger partial charge < -0.3 is 0 Å². The SMILES string of the molecule is N#P(O)F. The first kappa shape index (κ1) is 3.90. The first-order valence-electron chi connectivity index (χ1n) is 0.569. The van der Waals surface area contributed by atoms with Gasteiger partial charge in [0.25, 0.3) is 0 Å². The van der Waals surface area contributed by atoms with Crippen molar-refractivity contribution in [3.8, 4) is 0 Å². The second-order valence-corrected chi connectivity index (χ2v) is 0.722. The molecule has 1 atom stereocenters. The highest BCUT2D eigenvalue weighted by molar-refractivity contribution is 7.30. The molecule has 0 radical (unpaired) electrons. The standard InChI is InChI=1S/FHNOP/c1-4(2)3/h3H. The van der Waals surface area contributed by atoms with Crippen LogP contribution in [0.25, 0.3) is 0 Å². The molecule has 1 unspecified atom stereocenters. The van der Waals surface area contributed by atoms with Crippen molar-refractivity contribution in [3.63, 3.8) is 0 Å². The molecule has 4 heteroatoms. The van der Waals surface area contributed by atoms with Gasteiger partial charge in [0.2, 0.25) is 0 Å². The van der Waals surface area contributed by atoms with Crippen LogP contribution in [-0.2, 0) is 0 Å². The molecule has 0 aliphatic carbocycles. The zero-order chi connectivity index (χ0) is 3.58. The van der Waals surface area contributed by atoms with Crippen LogP contribution < -0.4 is 0 Å². The molecule has 0 amide bonds. The summed E-state index contributed by atoms with van der Waals surface area (Å²) in [6.45, 7) is 0. The van der Waals surface area contributed by atoms with E-state index >= 15 is 0 Å². The third kappa shape index (κ3) is 154. The number of rotatable bonds is 0. The van der Waals surface area contributed by atoms with Crippen molar-refractivity contribution in [1.29, 1.82) is 5.00 Å². The maximum atomic E-state index is 10.2. The molecule has 0 rings (SSSR count). The van der Waals surface area contributed by atoms with Gasteiger partial charge in [-0.15, -0.1) is 4.20 Å². The van der Waals surface area contributed by atoms with Crippen LogP contribution in [0.3, 0.4) is 0 Å². The molecule has 0 saturated carbocycles. The second kappa shape index (κ2) is 1.24. The summed E-state index contributed by atoms with van der Waals surface area (Å²) in [6, 6.07) is 0. The smallest absolute Gasteiger partial charge is 0.300 e. The lowest BCUT2D eigenvalue weighted by molar-refractivity contribution is 0.583. The molecule has 0 spiro atoms. The van der Waals surface area contributed by atoms with Gasteiger partial charge in [0.05, 0.1) is 0 Å². The van der Waals surface area contributed by atoms with Gasteiger partial charge in [-0.25, -0.2) is 0 Å². The van der Waals surface area contributed by atoms with Crippen molar-refractivity contribution < 1.29 is 9.09 Å². The Balaban J connectivity index is 3.02. The first-order chi connectivity index (χ1) is 1.73. The van der Waals surface area contributed by atoms with Gasteiger partial charge in [-0.2, -0.15) is 5.00 Å². The highest BCUT2D eigenvalue weighted by atomic mass is 31.1. The normalized spacial score (nSPS) is 10.8. The van der Waals surface area contributed by atoms with Gasteiger partial charge in [-0.3, -0.25) is 4.89 Å². The fraction of sp³-hybridized carbons (Fsp3) is 0. The number of hydrogen-bond donors (Lipinski definition) is 1. The minimum Gasteiger partial charge on any atom is -0.300 e. The largest absolute Gasteiger partial charge is 0.374 e. The zero-order valence-electron chi connectivity index (χ0n) is 1.72. The Hall–Kier alpha value is -0.100. The van der Waals surface area contributed by atoms with E-state index in [4.69, 9.17) is 9.90 Å². The van der Waals surface area contributed by atoms with Crippen molar-refractivity contribution in [3.05, 3.63) is 0 Å². The predicted molar refractivity (Wildman–Crippen MR) is 12.0 cm³/mol. The summed E-state index contributed by atoms with van der Waals surface area (Å²) in [4.78, 5) is 7.01. The third-order valence-corrected chi connectivity index (χ3v) is 0. The average molecular weight is 81.0 g/mol.